The van der Waals surface area contributed by atoms with Crippen molar-refractivity contribution in [1.82, 2.24) is 24.2 Å². The van der Waals surface area contributed by atoms with Crippen LogP contribution < -0.4 is 5.32 Å². The molecule has 1 aliphatic heterocycles. The normalized spacial score (nSPS) is 17.0. The summed E-state index contributed by atoms with van der Waals surface area (Å²) >= 11 is 1.70. The first kappa shape index (κ1) is 18.0. The molecular weight excluding hydrogens is 353 g/mol. The molecule has 1 aliphatic rings. The van der Waals surface area contributed by atoms with E-state index in [1.165, 1.54) is 6.20 Å². The topological polar surface area (TPSA) is 69.7 Å². The van der Waals surface area contributed by atoms with E-state index in [4.69, 9.17) is 0 Å². The Morgan fingerprint density at radius 3 is 2.56 bits per heavy atom. The van der Waals surface area contributed by atoms with E-state index in [2.05, 4.69) is 29.6 Å². The lowest BCUT2D eigenvalue weighted by molar-refractivity contribution is -0.137. The van der Waals surface area contributed by atoms with Crippen LogP contribution in [0.15, 0.2) is 12.4 Å². The fraction of sp³-hybridized carbons (Fsp3) is 0.533. The van der Waals surface area contributed by atoms with E-state index >= 15 is 0 Å². The van der Waals surface area contributed by atoms with Crippen molar-refractivity contribution in [2.75, 3.05) is 24.7 Å². The van der Waals surface area contributed by atoms with Crippen LogP contribution in [0.5, 0.6) is 0 Å². The van der Waals surface area contributed by atoms with E-state index in [-0.39, 0.29) is 23.4 Å². The highest BCUT2D eigenvalue weighted by Crippen LogP contribution is 2.35. The summed E-state index contributed by atoms with van der Waals surface area (Å²) in [6.07, 6.45) is 1.53. The van der Waals surface area contributed by atoms with Gasteiger partial charge in [0.05, 0.1) is 0 Å². The zero-order valence-electron chi connectivity index (χ0n) is 13.9. The highest BCUT2D eigenvalue weighted by molar-refractivity contribution is 7.96. The Bertz CT molecular complexity index is 724. The fourth-order valence-electron chi connectivity index (χ4n) is 2.76. The van der Waals surface area contributed by atoms with Crippen molar-refractivity contribution in [2.24, 2.45) is 0 Å². The van der Waals surface area contributed by atoms with Crippen molar-refractivity contribution < 1.29 is 13.2 Å². The van der Waals surface area contributed by atoms with E-state index < -0.39 is 11.7 Å². The SMILES string of the molecule is CSN1CCC(Nc2ncc(C(F)(F)F)c(-c3c[nH]c(C)n3)n2)CC1. The number of rotatable bonds is 4. The predicted octanol–water partition coefficient (Wildman–Crippen LogP) is 3.35. The number of alkyl halides is 3. The van der Waals surface area contributed by atoms with Crippen LogP contribution in [-0.4, -0.2) is 49.6 Å². The van der Waals surface area contributed by atoms with Crippen molar-refractivity contribution in [2.45, 2.75) is 32.0 Å². The van der Waals surface area contributed by atoms with Gasteiger partial charge in [-0.3, -0.25) is 4.31 Å². The van der Waals surface area contributed by atoms with Crippen molar-refractivity contribution in [3.63, 3.8) is 0 Å². The van der Waals surface area contributed by atoms with Crippen molar-refractivity contribution in [3.05, 3.63) is 23.8 Å². The Morgan fingerprint density at radius 1 is 1.28 bits per heavy atom. The second kappa shape index (κ2) is 7.20. The van der Waals surface area contributed by atoms with Gasteiger partial charge in [0.25, 0.3) is 0 Å². The number of hydrogen-bond acceptors (Lipinski definition) is 6. The van der Waals surface area contributed by atoms with Gasteiger partial charge in [-0.2, -0.15) is 13.2 Å². The maximum Gasteiger partial charge on any atom is 0.420 e. The molecule has 25 heavy (non-hydrogen) atoms. The smallest absolute Gasteiger partial charge is 0.351 e. The maximum atomic E-state index is 13.3. The number of nitrogens with zero attached hydrogens (tertiary/aromatic N) is 4. The number of aryl methyl sites for hydroxylation is 1. The lowest BCUT2D eigenvalue weighted by Gasteiger charge is -2.30. The van der Waals surface area contributed by atoms with Gasteiger partial charge in [0.15, 0.2) is 0 Å². The number of H-pyrrole nitrogens is 1. The Hall–Kier alpha value is -1.81. The number of hydrogen-bond donors (Lipinski definition) is 2. The lowest BCUT2D eigenvalue weighted by atomic mass is 10.1. The molecule has 0 bridgehead atoms. The van der Waals surface area contributed by atoms with E-state index in [1.807, 2.05) is 6.26 Å². The average Bonchev–Trinajstić information content (AvgIpc) is 3.01. The molecular formula is C15H19F3N6S. The molecule has 2 N–H and O–H groups in total. The third-order valence-corrected chi connectivity index (χ3v) is 4.97. The minimum Gasteiger partial charge on any atom is -0.351 e. The van der Waals surface area contributed by atoms with Crippen LogP contribution in [0.4, 0.5) is 19.1 Å². The second-order valence-electron chi connectivity index (χ2n) is 5.85. The van der Waals surface area contributed by atoms with E-state index in [0.717, 1.165) is 32.1 Å². The van der Waals surface area contributed by atoms with Crippen LogP contribution in [0.3, 0.4) is 0 Å². The first-order chi connectivity index (χ1) is 11.9. The predicted molar refractivity (Wildman–Crippen MR) is 91.1 cm³/mol. The van der Waals surface area contributed by atoms with E-state index in [0.29, 0.717) is 5.82 Å². The number of anilines is 1. The Kier molecular flexibility index (Phi) is 5.19. The summed E-state index contributed by atoms with van der Waals surface area (Å²) in [5, 5.41) is 3.16. The Labute approximate surface area is 147 Å². The molecule has 2 aromatic rings. The molecule has 136 valence electrons. The molecule has 6 nitrogen and oxygen atoms in total. The number of aromatic nitrogens is 4. The molecule has 0 radical (unpaired) electrons. The average molecular weight is 372 g/mol. The summed E-state index contributed by atoms with van der Waals surface area (Å²) in [5.74, 6) is 0.729. The summed E-state index contributed by atoms with van der Waals surface area (Å²) < 4.78 is 42.1. The van der Waals surface area contributed by atoms with Crippen molar-refractivity contribution in [3.8, 4) is 11.4 Å². The molecule has 0 unspecified atom stereocenters. The minimum atomic E-state index is -4.54. The number of piperidine rings is 1. The number of aromatic amines is 1. The Balaban J connectivity index is 1.84. The van der Waals surface area contributed by atoms with Gasteiger partial charge in [-0.1, -0.05) is 11.9 Å². The van der Waals surface area contributed by atoms with Gasteiger partial charge in [0, 0.05) is 31.5 Å². The van der Waals surface area contributed by atoms with Crippen LogP contribution in [0, 0.1) is 6.92 Å². The maximum absolute atomic E-state index is 13.3. The monoisotopic (exact) mass is 372 g/mol. The molecule has 0 aliphatic carbocycles. The van der Waals surface area contributed by atoms with Gasteiger partial charge in [0.1, 0.15) is 22.8 Å². The number of nitrogens with one attached hydrogen (secondary N) is 2. The number of halogens is 3. The van der Waals surface area contributed by atoms with Gasteiger partial charge in [-0.05, 0) is 26.0 Å². The van der Waals surface area contributed by atoms with E-state index in [9.17, 15) is 13.2 Å². The fourth-order valence-corrected chi connectivity index (χ4v) is 3.33. The van der Waals surface area contributed by atoms with Crippen LogP contribution >= 0.6 is 11.9 Å². The van der Waals surface area contributed by atoms with Crippen molar-refractivity contribution >= 4 is 17.9 Å². The molecule has 3 heterocycles. The molecule has 2 aromatic heterocycles. The van der Waals surface area contributed by atoms with Crippen LogP contribution in [0.25, 0.3) is 11.4 Å². The summed E-state index contributed by atoms with van der Waals surface area (Å²) in [6.45, 7) is 3.52. The summed E-state index contributed by atoms with van der Waals surface area (Å²) in [4.78, 5) is 14.9. The minimum absolute atomic E-state index is 0.147. The van der Waals surface area contributed by atoms with Crippen LogP contribution in [0.2, 0.25) is 0 Å². The molecule has 10 heteroatoms. The zero-order valence-corrected chi connectivity index (χ0v) is 14.7. The van der Waals surface area contributed by atoms with Gasteiger partial charge < -0.3 is 10.3 Å². The molecule has 1 fully saturated rings. The largest absolute Gasteiger partial charge is 0.420 e. The lowest BCUT2D eigenvalue weighted by Crippen LogP contribution is -2.35. The third-order valence-electron chi connectivity index (χ3n) is 4.09. The first-order valence-corrected chi connectivity index (χ1v) is 9.07. The standard InChI is InChI=1S/C15H19F3N6S/c1-9-19-8-12(21-9)13-11(15(16,17)18)7-20-14(23-13)22-10-3-5-24(25-2)6-4-10/h7-8,10H,3-6H2,1-2H3,(H,19,21)(H,20,22,23). The van der Waals surface area contributed by atoms with Gasteiger partial charge >= 0.3 is 6.18 Å². The molecule has 3 rings (SSSR count). The summed E-state index contributed by atoms with van der Waals surface area (Å²) in [5.41, 5.74) is -0.940. The molecule has 0 atom stereocenters. The van der Waals surface area contributed by atoms with Crippen molar-refractivity contribution in [1.29, 1.82) is 0 Å². The molecule has 0 amide bonds. The molecule has 0 saturated carbocycles. The van der Waals surface area contributed by atoms with Gasteiger partial charge in [-0.15, -0.1) is 0 Å². The Morgan fingerprint density at radius 2 is 2.00 bits per heavy atom. The first-order valence-electron chi connectivity index (χ1n) is 7.89. The third kappa shape index (κ3) is 4.24. The molecule has 0 spiro atoms. The highest BCUT2D eigenvalue weighted by atomic mass is 32.2. The molecule has 1 saturated heterocycles. The van der Waals surface area contributed by atoms with Crippen LogP contribution in [-0.2, 0) is 6.18 Å². The van der Waals surface area contributed by atoms with E-state index in [1.54, 1.807) is 18.9 Å². The highest BCUT2D eigenvalue weighted by Gasteiger charge is 2.36. The quantitative estimate of drug-likeness (QED) is 0.802. The summed E-state index contributed by atoms with van der Waals surface area (Å²) in [6, 6.07) is 0.147. The van der Waals surface area contributed by atoms with Gasteiger partial charge in [0.2, 0.25) is 5.95 Å². The number of imidazole rings is 1. The second-order valence-corrected chi connectivity index (χ2v) is 6.74. The zero-order chi connectivity index (χ0) is 18.0. The van der Waals surface area contributed by atoms with Crippen LogP contribution in [0.1, 0.15) is 24.2 Å². The van der Waals surface area contributed by atoms with Gasteiger partial charge in [-0.25, -0.2) is 15.0 Å². The molecule has 0 aromatic carbocycles. The summed E-state index contributed by atoms with van der Waals surface area (Å²) in [7, 11) is 0.